The van der Waals surface area contributed by atoms with Gasteiger partial charge in [0.25, 0.3) is 0 Å². The molecule has 0 atom stereocenters. The summed E-state index contributed by atoms with van der Waals surface area (Å²) in [5.74, 6) is -0.934. The van der Waals surface area contributed by atoms with E-state index in [1.165, 1.54) is 6.08 Å². The third-order valence-electron chi connectivity index (χ3n) is 3.00. The van der Waals surface area contributed by atoms with Crippen molar-refractivity contribution in [2.75, 3.05) is 7.05 Å². The van der Waals surface area contributed by atoms with Crippen LogP contribution in [0.25, 0.3) is 6.08 Å². The maximum atomic E-state index is 10.6. The molecule has 0 radical (unpaired) electrons. The van der Waals surface area contributed by atoms with Crippen molar-refractivity contribution in [3.05, 3.63) is 57.6 Å². The molecule has 0 saturated carbocycles. The van der Waals surface area contributed by atoms with Gasteiger partial charge in [-0.05, 0) is 31.2 Å². The largest absolute Gasteiger partial charge is 0.478 e. The molecule has 1 N–H and O–H groups in total. The highest BCUT2D eigenvalue weighted by molar-refractivity contribution is 7.09. The van der Waals surface area contributed by atoms with Crippen LogP contribution in [0.3, 0.4) is 0 Å². The Morgan fingerprint density at radius 3 is 2.81 bits per heavy atom. The van der Waals surface area contributed by atoms with Crippen molar-refractivity contribution in [2.24, 2.45) is 0 Å². The summed E-state index contributed by atoms with van der Waals surface area (Å²) in [6.07, 6.45) is 2.81. The first-order chi connectivity index (χ1) is 10.0. The highest BCUT2D eigenvalue weighted by Crippen LogP contribution is 2.15. The van der Waals surface area contributed by atoms with Crippen molar-refractivity contribution in [3.63, 3.8) is 0 Å². The van der Waals surface area contributed by atoms with E-state index in [2.05, 4.69) is 15.3 Å². The molecule has 0 aliphatic rings. The van der Waals surface area contributed by atoms with Crippen LogP contribution in [-0.2, 0) is 17.9 Å². The Morgan fingerprint density at radius 1 is 1.38 bits per heavy atom. The lowest BCUT2D eigenvalue weighted by Gasteiger charge is -2.17. The van der Waals surface area contributed by atoms with Gasteiger partial charge in [0.05, 0.1) is 10.7 Å². The molecule has 0 saturated heterocycles. The van der Waals surface area contributed by atoms with Gasteiger partial charge in [-0.3, -0.25) is 4.90 Å². The van der Waals surface area contributed by atoms with Gasteiger partial charge >= 0.3 is 5.97 Å². The number of thiazole rings is 1. The van der Waals surface area contributed by atoms with Crippen LogP contribution in [-0.4, -0.2) is 28.0 Å². The van der Waals surface area contributed by atoms with E-state index >= 15 is 0 Å². The fourth-order valence-corrected chi connectivity index (χ4v) is 2.71. The molecule has 0 aliphatic heterocycles. The molecule has 0 spiro atoms. The number of carboxylic acids is 1. The molecule has 1 aromatic heterocycles. The molecule has 2 aromatic rings. The van der Waals surface area contributed by atoms with Crippen LogP contribution in [0.1, 0.15) is 21.8 Å². The fraction of sp³-hybridized carbons (Fsp3) is 0.250. The summed E-state index contributed by atoms with van der Waals surface area (Å²) >= 11 is 1.65. The number of aliphatic carboxylic acids is 1. The first-order valence-electron chi connectivity index (χ1n) is 6.63. The molecule has 4 nitrogen and oxygen atoms in total. The van der Waals surface area contributed by atoms with Crippen LogP contribution in [0.5, 0.6) is 0 Å². The number of hydrogen-bond donors (Lipinski definition) is 1. The maximum absolute atomic E-state index is 10.6. The Hall–Kier alpha value is -1.98. The predicted molar refractivity (Wildman–Crippen MR) is 85.1 cm³/mol. The van der Waals surface area contributed by atoms with Crippen LogP contribution < -0.4 is 0 Å². The second-order valence-electron chi connectivity index (χ2n) is 4.90. The zero-order chi connectivity index (χ0) is 15.2. The zero-order valence-electron chi connectivity index (χ0n) is 12.1. The number of aryl methyl sites for hydroxylation is 1. The Kier molecular flexibility index (Phi) is 5.25. The van der Waals surface area contributed by atoms with E-state index in [9.17, 15) is 4.79 Å². The molecular weight excluding hydrogens is 284 g/mol. The number of carbonyl (C=O) groups is 1. The molecule has 0 bridgehead atoms. The van der Waals surface area contributed by atoms with Gasteiger partial charge in [0.2, 0.25) is 0 Å². The van der Waals surface area contributed by atoms with Crippen LogP contribution in [0.15, 0.2) is 35.7 Å². The lowest BCUT2D eigenvalue weighted by molar-refractivity contribution is -0.131. The Morgan fingerprint density at radius 2 is 2.14 bits per heavy atom. The Balaban J connectivity index is 2.06. The molecule has 1 aromatic carbocycles. The number of carboxylic acid groups (broad SMARTS) is 1. The standard InChI is InChI=1S/C16H18N2O2S/c1-12-17-15(11-21-12)10-18(2)9-14-6-4-3-5-13(14)7-8-16(19)20/h3-8,11H,9-10H2,1-2H3,(H,19,20). The van der Waals surface area contributed by atoms with Gasteiger partial charge in [-0.15, -0.1) is 11.3 Å². The van der Waals surface area contributed by atoms with E-state index in [-0.39, 0.29) is 0 Å². The predicted octanol–water partition coefficient (Wildman–Crippen LogP) is 3.18. The lowest BCUT2D eigenvalue weighted by Crippen LogP contribution is -2.18. The number of nitrogens with zero attached hydrogens (tertiary/aromatic N) is 2. The SMILES string of the molecule is Cc1nc(CN(C)Cc2ccccc2C=CC(=O)O)cs1. The summed E-state index contributed by atoms with van der Waals surface area (Å²) in [5, 5.41) is 11.9. The average molecular weight is 302 g/mol. The molecule has 1 heterocycles. The van der Waals surface area contributed by atoms with Gasteiger partial charge in [0.1, 0.15) is 0 Å². The second-order valence-corrected chi connectivity index (χ2v) is 5.96. The van der Waals surface area contributed by atoms with Crippen molar-refractivity contribution in [2.45, 2.75) is 20.0 Å². The smallest absolute Gasteiger partial charge is 0.328 e. The third-order valence-corrected chi connectivity index (χ3v) is 3.82. The average Bonchev–Trinajstić information content (AvgIpc) is 2.83. The Labute approximate surface area is 128 Å². The summed E-state index contributed by atoms with van der Waals surface area (Å²) < 4.78 is 0. The van der Waals surface area contributed by atoms with Crippen molar-refractivity contribution >= 4 is 23.4 Å². The first kappa shape index (κ1) is 15.4. The highest BCUT2D eigenvalue weighted by Gasteiger charge is 2.07. The molecule has 0 aliphatic carbocycles. The van der Waals surface area contributed by atoms with Crippen molar-refractivity contribution in [3.8, 4) is 0 Å². The summed E-state index contributed by atoms with van der Waals surface area (Å²) in [6, 6.07) is 7.82. The Bertz CT molecular complexity index is 649. The minimum atomic E-state index is -0.934. The summed E-state index contributed by atoms with van der Waals surface area (Å²) in [7, 11) is 2.03. The minimum Gasteiger partial charge on any atom is -0.478 e. The number of hydrogen-bond acceptors (Lipinski definition) is 4. The van der Waals surface area contributed by atoms with E-state index < -0.39 is 5.97 Å². The van der Waals surface area contributed by atoms with Gasteiger partial charge < -0.3 is 5.11 Å². The molecule has 110 valence electrons. The van der Waals surface area contributed by atoms with E-state index in [1.54, 1.807) is 17.4 Å². The van der Waals surface area contributed by atoms with E-state index in [4.69, 9.17) is 5.11 Å². The summed E-state index contributed by atoms with van der Waals surface area (Å²) in [6.45, 7) is 3.53. The molecule has 0 unspecified atom stereocenters. The van der Waals surface area contributed by atoms with Gasteiger partial charge in [0.15, 0.2) is 0 Å². The minimum absolute atomic E-state index is 0.747. The summed E-state index contributed by atoms with van der Waals surface area (Å²) in [5.41, 5.74) is 3.10. The number of rotatable bonds is 6. The van der Waals surface area contributed by atoms with Crippen molar-refractivity contribution in [1.82, 2.24) is 9.88 Å². The van der Waals surface area contributed by atoms with Crippen LogP contribution in [0, 0.1) is 6.92 Å². The molecule has 21 heavy (non-hydrogen) atoms. The number of aromatic nitrogens is 1. The van der Waals surface area contributed by atoms with Gasteiger partial charge in [-0.2, -0.15) is 0 Å². The van der Waals surface area contributed by atoms with Crippen LogP contribution in [0.2, 0.25) is 0 Å². The number of benzene rings is 1. The maximum Gasteiger partial charge on any atom is 0.328 e. The second kappa shape index (κ2) is 7.15. The molecule has 5 heteroatoms. The molecule has 0 amide bonds. The molecular formula is C16H18N2O2S. The van der Waals surface area contributed by atoms with E-state index in [1.807, 2.05) is 38.2 Å². The van der Waals surface area contributed by atoms with Crippen LogP contribution in [0.4, 0.5) is 0 Å². The molecule has 2 rings (SSSR count). The van der Waals surface area contributed by atoms with Crippen molar-refractivity contribution in [1.29, 1.82) is 0 Å². The summed E-state index contributed by atoms with van der Waals surface area (Å²) in [4.78, 5) is 17.3. The monoisotopic (exact) mass is 302 g/mol. The fourth-order valence-electron chi connectivity index (χ4n) is 2.11. The van der Waals surface area contributed by atoms with E-state index in [0.717, 1.165) is 34.9 Å². The normalized spacial score (nSPS) is 11.4. The van der Waals surface area contributed by atoms with E-state index in [0.29, 0.717) is 0 Å². The molecule has 0 fully saturated rings. The quantitative estimate of drug-likeness (QED) is 0.833. The topological polar surface area (TPSA) is 53.4 Å². The van der Waals surface area contributed by atoms with Crippen molar-refractivity contribution < 1.29 is 9.90 Å². The highest BCUT2D eigenvalue weighted by atomic mass is 32.1. The van der Waals surface area contributed by atoms with Gasteiger partial charge in [-0.25, -0.2) is 9.78 Å². The zero-order valence-corrected chi connectivity index (χ0v) is 12.9. The van der Waals surface area contributed by atoms with Gasteiger partial charge in [0, 0.05) is 24.5 Å². The third kappa shape index (κ3) is 4.81. The van der Waals surface area contributed by atoms with Crippen LogP contribution >= 0.6 is 11.3 Å². The first-order valence-corrected chi connectivity index (χ1v) is 7.51. The lowest BCUT2D eigenvalue weighted by atomic mass is 10.1. The van der Waals surface area contributed by atoms with Gasteiger partial charge in [-0.1, -0.05) is 24.3 Å².